The van der Waals surface area contributed by atoms with Crippen molar-refractivity contribution >= 4 is 12.4 Å². The van der Waals surface area contributed by atoms with Crippen LogP contribution in [-0.4, -0.2) is 6.18 Å². The molecule has 0 aliphatic carbocycles. The third kappa shape index (κ3) is 3.94. The molecule has 2 N–H and O–H groups in total. The van der Waals surface area contributed by atoms with Gasteiger partial charge in [0.05, 0.1) is 6.42 Å². The van der Waals surface area contributed by atoms with E-state index in [0.29, 0.717) is 0 Å². The van der Waals surface area contributed by atoms with E-state index in [1.54, 1.807) is 0 Å². The highest BCUT2D eigenvalue weighted by Crippen LogP contribution is 2.29. The fraction of sp³-hybridized carbons (Fsp3) is 0.333. The van der Waals surface area contributed by atoms with E-state index < -0.39 is 35.8 Å². The molecule has 0 aliphatic rings. The zero-order valence-corrected chi connectivity index (χ0v) is 8.71. The molecule has 16 heavy (non-hydrogen) atoms. The largest absolute Gasteiger partial charge is 0.390 e. The highest BCUT2D eigenvalue weighted by atomic mass is 35.5. The van der Waals surface area contributed by atoms with Gasteiger partial charge in [0.2, 0.25) is 0 Å². The second-order valence-electron chi connectivity index (χ2n) is 3.07. The maximum absolute atomic E-state index is 13.0. The van der Waals surface area contributed by atoms with Crippen molar-refractivity contribution in [3.63, 3.8) is 0 Å². The van der Waals surface area contributed by atoms with Gasteiger partial charge >= 0.3 is 6.18 Å². The van der Waals surface area contributed by atoms with Gasteiger partial charge in [-0.25, -0.2) is 8.78 Å². The molecule has 0 unspecified atom stereocenters. The van der Waals surface area contributed by atoms with E-state index >= 15 is 0 Å². The minimum atomic E-state index is -4.50. The Morgan fingerprint density at radius 3 is 2.25 bits per heavy atom. The molecule has 0 saturated heterocycles. The highest BCUT2D eigenvalue weighted by molar-refractivity contribution is 5.85. The van der Waals surface area contributed by atoms with Gasteiger partial charge < -0.3 is 5.73 Å². The minimum absolute atomic E-state index is 0. The summed E-state index contributed by atoms with van der Waals surface area (Å²) >= 11 is 0. The molecule has 1 nitrogen and oxygen atoms in total. The van der Waals surface area contributed by atoms with E-state index in [2.05, 4.69) is 0 Å². The molecule has 92 valence electrons. The molecule has 1 atom stereocenters. The molecule has 0 fully saturated rings. The Hall–Kier alpha value is -0.880. The Bertz CT molecular complexity index is 352. The topological polar surface area (TPSA) is 26.0 Å². The van der Waals surface area contributed by atoms with E-state index in [4.69, 9.17) is 5.73 Å². The van der Waals surface area contributed by atoms with Crippen LogP contribution in [0.15, 0.2) is 18.2 Å². The van der Waals surface area contributed by atoms with Crippen molar-refractivity contribution in [3.05, 3.63) is 35.4 Å². The molecule has 0 spiro atoms. The number of hydrogen-bond acceptors (Lipinski definition) is 1. The van der Waals surface area contributed by atoms with E-state index in [1.807, 2.05) is 0 Å². The van der Waals surface area contributed by atoms with E-state index in [1.165, 1.54) is 0 Å². The molecule has 0 bridgehead atoms. The summed E-state index contributed by atoms with van der Waals surface area (Å²) in [6, 6.07) is 1.39. The van der Waals surface area contributed by atoms with Crippen molar-refractivity contribution < 1.29 is 22.0 Å². The quantitative estimate of drug-likeness (QED) is 0.812. The van der Waals surface area contributed by atoms with Gasteiger partial charge in [-0.3, -0.25) is 0 Å². The van der Waals surface area contributed by atoms with Crippen molar-refractivity contribution in [3.8, 4) is 0 Å². The average Bonchev–Trinajstić information content (AvgIpc) is 2.06. The van der Waals surface area contributed by atoms with Gasteiger partial charge in [-0.15, -0.1) is 12.4 Å². The Balaban J connectivity index is 0.00000225. The predicted octanol–water partition coefficient (Wildman–Crippen LogP) is 3.34. The third-order valence-corrected chi connectivity index (χ3v) is 1.83. The highest BCUT2D eigenvalue weighted by Gasteiger charge is 2.32. The lowest BCUT2D eigenvalue weighted by molar-refractivity contribution is -0.138. The van der Waals surface area contributed by atoms with E-state index in [0.717, 1.165) is 18.2 Å². The molecule has 0 saturated carbocycles. The summed E-state index contributed by atoms with van der Waals surface area (Å²) in [5.74, 6) is -2.53. The summed E-state index contributed by atoms with van der Waals surface area (Å²) in [4.78, 5) is 0. The molecule has 1 aromatic carbocycles. The van der Waals surface area contributed by atoms with Crippen molar-refractivity contribution in [2.75, 3.05) is 0 Å². The number of alkyl halides is 3. The van der Waals surface area contributed by atoms with Gasteiger partial charge in [-0.05, 0) is 6.07 Å². The zero-order valence-electron chi connectivity index (χ0n) is 7.89. The molecule has 0 heterocycles. The van der Waals surface area contributed by atoms with Crippen molar-refractivity contribution in [1.29, 1.82) is 0 Å². The Labute approximate surface area is 94.8 Å². The van der Waals surface area contributed by atoms with Crippen LogP contribution in [0.2, 0.25) is 0 Å². The molecule has 1 rings (SSSR count). The Morgan fingerprint density at radius 1 is 1.19 bits per heavy atom. The lowest BCUT2D eigenvalue weighted by atomic mass is 10.0. The average molecular weight is 262 g/mol. The van der Waals surface area contributed by atoms with E-state index in [9.17, 15) is 22.0 Å². The SMILES string of the molecule is Cl.N[C@@H](CC(F)(F)F)c1cccc(F)c1F. The maximum atomic E-state index is 13.0. The summed E-state index contributed by atoms with van der Waals surface area (Å²) in [6.07, 6.45) is -5.88. The number of rotatable bonds is 2. The lowest BCUT2D eigenvalue weighted by Crippen LogP contribution is -2.21. The molecule has 7 heteroatoms. The third-order valence-electron chi connectivity index (χ3n) is 1.83. The molecule has 0 radical (unpaired) electrons. The van der Waals surface area contributed by atoms with Crippen LogP contribution in [0.3, 0.4) is 0 Å². The van der Waals surface area contributed by atoms with Crippen molar-refractivity contribution in [2.24, 2.45) is 5.73 Å². The van der Waals surface area contributed by atoms with Gasteiger partial charge in [0, 0.05) is 11.6 Å². The molecule has 0 aromatic heterocycles. The smallest absolute Gasteiger partial charge is 0.324 e. The molecule has 1 aromatic rings. The fourth-order valence-electron chi connectivity index (χ4n) is 1.17. The van der Waals surface area contributed by atoms with Gasteiger partial charge in [0.1, 0.15) is 0 Å². The first kappa shape index (κ1) is 15.1. The maximum Gasteiger partial charge on any atom is 0.390 e. The minimum Gasteiger partial charge on any atom is -0.324 e. The Kier molecular flexibility index (Phi) is 5.15. The van der Waals surface area contributed by atoms with Crippen LogP contribution >= 0.6 is 12.4 Å². The van der Waals surface area contributed by atoms with Crippen molar-refractivity contribution in [2.45, 2.75) is 18.6 Å². The monoisotopic (exact) mass is 261 g/mol. The van der Waals surface area contributed by atoms with Crippen molar-refractivity contribution in [1.82, 2.24) is 0 Å². The van der Waals surface area contributed by atoms with Crippen LogP contribution in [0.1, 0.15) is 18.0 Å². The second-order valence-corrected chi connectivity index (χ2v) is 3.07. The second kappa shape index (κ2) is 5.45. The van der Waals surface area contributed by atoms with Crippen LogP contribution in [0, 0.1) is 11.6 Å². The lowest BCUT2D eigenvalue weighted by Gasteiger charge is -2.15. The summed E-state index contributed by atoms with van der Waals surface area (Å²) < 4.78 is 61.4. The number of halogens is 6. The first-order valence-electron chi connectivity index (χ1n) is 4.07. The summed E-state index contributed by atoms with van der Waals surface area (Å²) in [5.41, 5.74) is 4.66. The number of benzene rings is 1. The van der Waals surface area contributed by atoms with Crippen LogP contribution in [0.25, 0.3) is 0 Å². The van der Waals surface area contributed by atoms with Crippen LogP contribution in [0.4, 0.5) is 22.0 Å². The first-order valence-corrected chi connectivity index (χ1v) is 4.07. The molecule has 0 amide bonds. The number of hydrogen-bond donors (Lipinski definition) is 1. The van der Waals surface area contributed by atoms with Gasteiger partial charge in [-0.1, -0.05) is 12.1 Å². The number of nitrogens with two attached hydrogens (primary N) is 1. The first-order chi connectivity index (χ1) is 6.81. The normalized spacial score (nSPS) is 13.1. The summed E-state index contributed by atoms with van der Waals surface area (Å²) in [7, 11) is 0. The standard InChI is InChI=1S/C9H8F5N.ClH/c10-6-3-1-2-5(8(6)11)7(15)4-9(12,13)14;/h1-3,7H,4,15H2;1H/t7-;/m0./s1. The van der Waals surface area contributed by atoms with Gasteiger partial charge in [-0.2, -0.15) is 13.2 Å². The van der Waals surface area contributed by atoms with Gasteiger partial charge in [0.15, 0.2) is 11.6 Å². The fourth-order valence-corrected chi connectivity index (χ4v) is 1.17. The molecule has 0 aliphatic heterocycles. The van der Waals surface area contributed by atoms with Crippen LogP contribution in [0.5, 0.6) is 0 Å². The van der Waals surface area contributed by atoms with Gasteiger partial charge in [0.25, 0.3) is 0 Å². The van der Waals surface area contributed by atoms with Crippen LogP contribution in [-0.2, 0) is 0 Å². The van der Waals surface area contributed by atoms with E-state index in [-0.39, 0.29) is 12.4 Å². The Morgan fingerprint density at radius 2 is 1.75 bits per heavy atom. The van der Waals surface area contributed by atoms with Crippen LogP contribution < -0.4 is 5.73 Å². The predicted molar refractivity (Wildman–Crippen MR) is 51.2 cm³/mol. The molecular weight excluding hydrogens is 253 g/mol. The zero-order chi connectivity index (χ0) is 11.6. The molecular formula is C9H9ClF5N. The summed E-state index contributed by atoms with van der Waals surface area (Å²) in [6.45, 7) is 0. The summed E-state index contributed by atoms with van der Waals surface area (Å²) in [5, 5.41) is 0.